The lowest BCUT2D eigenvalue weighted by atomic mass is 9.95. The van der Waals surface area contributed by atoms with Crippen LogP contribution in [-0.4, -0.2) is 22.5 Å². The summed E-state index contributed by atoms with van der Waals surface area (Å²) < 4.78 is 5.30. The molecule has 2 N–H and O–H groups in total. The fourth-order valence-corrected chi connectivity index (χ4v) is 2.74. The first-order valence-electron chi connectivity index (χ1n) is 7.83. The SMILES string of the molecule is CCOc1cccc(NC(=O)c2cc3c([nH]c2=O)CCCC3)n1. The van der Waals surface area contributed by atoms with Crippen molar-refractivity contribution < 1.29 is 9.53 Å². The molecular weight excluding hydrogens is 294 g/mol. The Morgan fingerprint density at radius 1 is 1.35 bits per heavy atom. The molecule has 2 heterocycles. The number of hydrogen-bond acceptors (Lipinski definition) is 4. The van der Waals surface area contributed by atoms with Crippen LogP contribution in [0.25, 0.3) is 0 Å². The molecule has 1 amide bonds. The number of hydrogen-bond donors (Lipinski definition) is 2. The standard InChI is InChI=1S/C17H19N3O3/c1-2-23-15-9-5-8-14(19-15)20-17(22)12-10-11-6-3-4-7-13(11)18-16(12)21/h5,8-10H,2-4,6-7H2,1H3,(H,18,21)(H,19,20,22). The van der Waals surface area contributed by atoms with Crippen LogP contribution in [0.1, 0.15) is 41.4 Å². The van der Waals surface area contributed by atoms with Gasteiger partial charge in [0.25, 0.3) is 11.5 Å². The molecule has 0 aromatic carbocycles. The molecule has 0 spiro atoms. The van der Waals surface area contributed by atoms with Crippen molar-refractivity contribution in [3.63, 3.8) is 0 Å². The van der Waals surface area contributed by atoms with Crippen LogP contribution >= 0.6 is 0 Å². The average Bonchev–Trinajstić information content (AvgIpc) is 2.55. The van der Waals surface area contributed by atoms with Gasteiger partial charge in [0, 0.05) is 11.8 Å². The number of aryl methyl sites for hydroxylation is 2. The van der Waals surface area contributed by atoms with Crippen LogP contribution in [-0.2, 0) is 12.8 Å². The van der Waals surface area contributed by atoms with Crippen molar-refractivity contribution in [1.82, 2.24) is 9.97 Å². The van der Waals surface area contributed by atoms with Gasteiger partial charge in [-0.25, -0.2) is 0 Å². The van der Waals surface area contributed by atoms with E-state index in [1.807, 2.05) is 6.92 Å². The van der Waals surface area contributed by atoms with Gasteiger partial charge in [-0.1, -0.05) is 6.07 Å². The van der Waals surface area contributed by atoms with E-state index in [9.17, 15) is 9.59 Å². The molecule has 120 valence electrons. The highest BCUT2D eigenvalue weighted by molar-refractivity contribution is 6.03. The molecule has 0 saturated heterocycles. The minimum absolute atomic E-state index is 0.120. The molecule has 2 aromatic rings. The van der Waals surface area contributed by atoms with Crippen molar-refractivity contribution in [2.24, 2.45) is 0 Å². The second-order valence-electron chi connectivity index (χ2n) is 5.47. The van der Waals surface area contributed by atoms with Crippen molar-refractivity contribution in [1.29, 1.82) is 0 Å². The van der Waals surface area contributed by atoms with Gasteiger partial charge in [0.15, 0.2) is 0 Å². The van der Waals surface area contributed by atoms with Gasteiger partial charge in [-0.3, -0.25) is 9.59 Å². The average molecular weight is 313 g/mol. The lowest BCUT2D eigenvalue weighted by Crippen LogP contribution is -2.26. The summed E-state index contributed by atoms with van der Waals surface area (Å²) in [6.07, 6.45) is 3.91. The first kappa shape index (κ1) is 15.3. The second-order valence-corrected chi connectivity index (χ2v) is 5.47. The highest BCUT2D eigenvalue weighted by Gasteiger charge is 2.17. The lowest BCUT2D eigenvalue weighted by molar-refractivity contribution is 0.102. The number of amides is 1. The number of ether oxygens (including phenoxy) is 1. The largest absolute Gasteiger partial charge is 0.478 e. The van der Waals surface area contributed by atoms with Crippen LogP contribution in [0.3, 0.4) is 0 Å². The van der Waals surface area contributed by atoms with E-state index in [-0.39, 0.29) is 11.1 Å². The van der Waals surface area contributed by atoms with Crippen LogP contribution < -0.4 is 15.6 Å². The molecule has 3 rings (SSSR count). The maximum atomic E-state index is 12.4. The van der Waals surface area contributed by atoms with Crippen LogP contribution in [0.15, 0.2) is 29.1 Å². The summed E-state index contributed by atoms with van der Waals surface area (Å²) in [5.74, 6) is 0.337. The predicted octanol–water partition coefficient (Wildman–Crippen LogP) is 2.30. The van der Waals surface area contributed by atoms with Gasteiger partial charge < -0.3 is 15.0 Å². The Morgan fingerprint density at radius 3 is 3.00 bits per heavy atom. The van der Waals surface area contributed by atoms with E-state index in [1.54, 1.807) is 24.3 Å². The third kappa shape index (κ3) is 3.41. The number of nitrogens with zero attached hydrogens (tertiary/aromatic N) is 1. The van der Waals surface area contributed by atoms with Crippen molar-refractivity contribution in [3.8, 4) is 5.88 Å². The molecule has 0 atom stereocenters. The normalized spacial score (nSPS) is 13.3. The highest BCUT2D eigenvalue weighted by atomic mass is 16.5. The van der Waals surface area contributed by atoms with E-state index in [0.717, 1.165) is 36.9 Å². The van der Waals surface area contributed by atoms with Gasteiger partial charge in [0.1, 0.15) is 11.4 Å². The third-order valence-electron chi connectivity index (χ3n) is 3.84. The van der Waals surface area contributed by atoms with E-state index in [1.165, 1.54) is 0 Å². The fourth-order valence-electron chi connectivity index (χ4n) is 2.74. The molecule has 0 aliphatic heterocycles. The summed E-state index contributed by atoms with van der Waals surface area (Å²) in [5, 5.41) is 2.65. The highest BCUT2D eigenvalue weighted by Crippen LogP contribution is 2.19. The zero-order valence-electron chi connectivity index (χ0n) is 13.0. The molecular formula is C17H19N3O3. The monoisotopic (exact) mass is 313 g/mol. The Morgan fingerprint density at radius 2 is 2.17 bits per heavy atom. The van der Waals surface area contributed by atoms with E-state index in [4.69, 9.17) is 4.74 Å². The minimum atomic E-state index is -0.458. The number of aromatic amines is 1. The summed E-state index contributed by atoms with van der Waals surface area (Å²) in [6.45, 7) is 2.36. The number of carbonyl (C=O) groups excluding carboxylic acids is 1. The molecule has 1 aliphatic carbocycles. The smallest absolute Gasteiger partial charge is 0.262 e. The first-order valence-corrected chi connectivity index (χ1v) is 7.83. The minimum Gasteiger partial charge on any atom is -0.478 e. The van der Waals surface area contributed by atoms with Gasteiger partial charge in [-0.15, -0.1) is 0 Å². The van der Waals surface area contributed by atoms with E-state index in [0.29, 0.717) is 18.3 Å². The summed E-state index contributed by atoms with van der Waals surface area (Å²) in [4.78, 5) is 31.5. The van der Waals surface area contributed by atoms with Crippen molar-refractivity contribution in [3.05, 3.63) is 51.4 Å². The molecule has 6 nitrogen and oxygen atoms in total. The molecule has 0 fully saturated rings. The molecule has 1 aliphatic rings. The van der Waals surface area contributed by atoms with Crippen molar-refractivity contribution >= 4 is 11.7 Å². The number of aromatic nitrogens is 2. The zero-order chi connectivity index (χ0) is 16.2. The van der Waals surface area contributed by atoms with Crippen LogP contribution in [0.2, 0.25) is 0 Å². The van der Waals surface area contributed by atoms with Crippen molar-refractivity contribution in [2.45, 2.75) is 32.6 Å². The molecule has 2 aromatic heterocycles. The molecule has 6 heteroatoms. The maximum absolute atomic E-state index is 12.4. The molecule has 0 unspecified atom stereocenters. The van der Waals surface area contributed by atoms with Crippen LogP contribution in [0.5, 0.6) is 5.88 Å². The maximum Gasteiger partial charge on any atom is 0.262 e. The predicted molar refractivity (Wildman–Crippen MR) is 87.1 cm³/mol. The molecule has 0 bridgehead atoms. The Kier molecular flexibility index (Phi) is 4.41. The summed E-state index contributed by atoms with van der Waals surface area (Å²) in [5.41, 5.74) is 1.77. The fraction of sp³-hybridized carbons (Fsp3) is 0.353. The first-order chi connectivity index (χ1) is 11.2. The number of anilines is 1. The number of nitrogens with one attached hydrogen (secondary N) is 2. The van der Waals surface area contributed by atoms with Gasteiger partial charge in [-0.2, -0.15) is 4.98 Å². The third-order valence-corrected chi connectivity index (χ3v) is 3.84. The van der Waals surface area contributed by atoms with E-state index >= 15 is 0 Å². The van der Waals surface area contributed by atoms with Crippen LogP contribution in [0, 0.1) is 0 Å². The zero-order valence-corrected chi connectivity index (χ0v) is 13.0. The Hall–Kier alpha value is -2.63. The summed E-state index contributed by atoms with van der Waals surface area (Å²) in [7, 11) is 0. The topological polar surface area (TPSA) is 84.1 Å². The van der Waals surface area contributed by atoms with Gasteiger partial charge >= 0.3 is 0 Å². The van der Waals surface area contributed by atoms with E-state index in [2.05, 4.69) is 15.3 Å². The molecule has 0 saturated carbocycles. The van der Waals surface area contributed by atoms with Gasteiger partial charge in [0.05, 0.1) is 6.61 Å². The number of rotatable bonds is 4. The second kappa shape index (κ2) is 6.64. The Labute approximate surface area is 133 Å². The summed E-state index contributed by atoms with van der Waals surface area (Å²) >= 11 is 0. The van der Waals surface area contributed by atoms with Gasteiger partial charge in [0.2, 0.25) is 5.88 Å². The molecule has 0 radical (unpaired) electrons. The summed E-state index contributed by atoms with van der Waals surface area (Å²) in [6, 6.07) is 6.82. The number of carbonyl (C=O) groups is 1. The quantitative estimate of drug-likeness (QED) is 0.907. The number of fused-ring (bicyclic) bond motifs is 1. The van der Waals surface area contributed by atoms with Crippen LogP contribution in [0.4, 0.5) is 5.82 Å². The molecule has 23 heavy (non-hydrogen) atoms. The lowest BCUT2D eigenvalue weighted by Gasteiger charge is -2.15. The van der Waals surface area contributed by atoms with Gasteiger partial charge in [-0.05, 0) is 50.3 Å². The van der Waals surface area contributed by atoms with E-state index < -0.39 is 5.91 Å². The Bertz CT molecular complexity index is 783. The number of pyridine rings is 2. The van der Waals surface area contributed by atoms with Crippen molar-refractivity contribution in [2.75, 3.05) is 11.9 Å². The number of H-pyrrole nitrogens is 1. The Balaban J connectivity index is 1.83.